The minimum atomic E-state index is -0.163. The van der Waals surface area contributed by atoms with Crippen molar-refractivity contribution in [3.8, 4) is 11.5 Å². The number of rotatable bonds is 3. The number of carbonyl (C=O) groups excluding carboxylic acids is 1. The van der Waals surface area contributed by atoms with E-state index in [1.165, 1.54) is 0 Å². The topological polar surface area (TPSA) is 35.5 Å². The molecule has 1 aliphatic heterocycles. The SMILES string of the molecule is CCOc1ccc2c(c1)O/C(=C\c1ccc(Cl)c(Cl)c1)C2=O. The van der Waals surface area contributed by atoms with Crippen molar-refractivity contribution in [2.24, 2.45) is 0 Å². The lowest BCUT2D eigenvalue weighted by Gasteiger charge is -2.04. The van der Waals surface area contributed by atoms with Crippen LogP contribution in [-0.2, 0) is 0 Å². The maximum atomic E-state index is 12.3. The van der Waals surface area contributed by atoms with E-state index in [4.69, 9.17) is 32.7 Å². The Morgan fingerprint density at radius 3 is 2.68 bits per heavy atom. The van der Waals surface area contributed by atoms with E-state index in [0.717, 1.165) is 5.56 Å². The zero-order chi connectivity index (χ0) is 15.7. The molecule has 1 aliphatic rings. The standard InChI is InChI=1S/C17H12Cl2O3/c1-2-21-11-4-5-12-15(9-11)22-16(17(12)20)8-10-3-6-13(18)14(19)7-10/h3-9H,2H2,1H3/b16-8-. The van der Waals surface area contributed by atoms with Crippen molar-refractivity contribution >= 4 is 35.1 Å². The zero-order valence-electron chi connectivity index (χ0n) is 11.7. The molecule has 0 aliphatic carbocycles. The number of fused-ring (bicyclic) bond motifs is 1. The van der Waals surface area contributed by atoms with Crippen LogP contribution in [-0.4, -0.2) is 12.4 Å². The molecule has 3 nitrogen and oxygen atoms in total. The molecule has 1 heterocycles. The quantitative estimate of drug-likeness (QED) is 0.740. The van der Waals surface area contributed by atoms with Gasteiger partial charge in [0.2, 0.25) is 5.78 Å². The Balaban J connectivity index is 1.92. The fourth-order valence-corrected chi connectivity index (χ4v) is 2.48. The van der Waals surface area contributed by atoms with E-state index in [0.29, 0.717) is 33.7 Å². The first-order valence-corrected chi connectivity index (χ1v) is 7.50. The van der Waals surface area contributed by atoms with Crippen LogP contribution in [0.2, 0.25) is 10.0 Å². The second-order valence-corrected chi connectivity index (χ2v) is 5.52. The van der Waals surface area contributed by atoms with Crippen LogP contribution in [0.4, 0.5) is 0 Å². The summed E-state index contributed by atoms with van der Waals surface area (Å²) in [6.07, 6.45) is 1.64. The van der Waals surface area contributed by atoms with Gasteiger partial charge >= 0.3 is 0 Å². The molecule has 0 saturated carbocycles. The first kappa shape index (κ1) is 14.9. The Morgan fingerprint density at radius 2 is 1.95 bits per heavy atom. The highest BCUT2D eigenvalue weighted by atomic mass is 35.5. The minimum Gasteiger partial charge on any atom is -0.494 e. The molecule has 0 spiro atoms. The summed E-state index contributed by atoms with van der Waals surface area (Å²) >= 11 is 11.9. The smallest absolute Gasteiger partial charge is 0.231 e. The number of hydrogen-bond acceptors (Lipinski definition) is 3. The Morgan fingerprint density at radius 1 is 1.14 bits per heavy atom. The monoisotopic (exact) mass is 334 g/mol. The molecular formula is C17H12Cl2O3. The number of halogens is 2. The van der Waals surface area contributed by atoms with E-state index in [1.54, 1.807) is 42.5 Å². The highest BCUT2D eigenvalue weighted by Crippen LogP contribution is 2.35. The second-order valence-electron chi connectivity index (χ2n) is 4.70. The highest BCUT2D eigenvalue weighted by Gasteiger charge is 2.27. The lowest BCUT2D eigenvalue weighted by Crippen LogP contribution is -1.98. The van der Waals surface area contributed by atoms with E-state index < -0.39 is 0 Å². The molecule has 2 aromatic rings. The first-order chi connectivity index (χ1) is 10.6. The molecular weight excluding hydrogens is 323 g/mol. The summed E-state index contributed by atoms with van der Waals surface area (Å²) in [5.74, 6) is 1.26. The number of ketones is 1. The molecule has 0 radical (unpaired) electrons. The average Bonchev–Trinajstić information content (AvgIpc) is 2.79. The third-order valence-electron chi connectivity index (χ3n) is 3.19. The molecule has 0 fully saturated rings. The summed E-state index contributed by atoms with van der Waals surface area (Å²) in [5, 5.41) is 0.893. The van der Waals surface area contributed by atoms with Gasteiger partial charge in [-0.25, -0.2) is 0 Å². The lowest BCUT2D eigenvalue weighted by atomic mass is 10.1. The van der Waals surface area contributed by atoms with Gasteiger partial charge in [-0.2, -0.15) is 0 Å². The van der Waals surface area contributed by atoms with E-state index in [2.05, 4.69) is 0 Å². The van der Waals surface area contributed by atoms with Crippen LogP contribution in [0.3, 0.4) is 0 Å². The molecule has 0 unspecified atom stereocenters. The van der Waals surface area contributed by atoms with Gasteiger partial charge < -0.3 is 9.47 Å². The van der Waals surface area contributed by atoms with Crippen molar-refractivity contribution in [2.45, 2.75) is 6.92 Å². The van der Waals surface area contributed by atoms with E-state index in [9.17, 15) is 4.79 Å². The predicted octanol–water partition coefficient (Wildman–Crippen LogP) is 5.01. The summed E-state index contributed by atoms with van der Waals surface area (Å²) in [5.41, 5.74) is 1.27. The fourth-order valence-electron chi connectivity index (χ4n) is 2.18. The van der Waals surface area contributed by atoms with Crippen LogP contribution in [0.1, 0.15) is 22.8 Å². The van der Waals surface area contributed by atoms with Gasteiger partial charge in [-0.1, -0.05) is 29.3 Å². The molecule has 0 aromatic heterocycles. The van der Waals surface area contributed by atoms with Gasteiger partial charge in [-0.15, -0.1) is 0 Å². The Labute approximate surface area is 138 Å². The van der Waals surface area contributed by atoms with Gasteiger partial charge in [-0.05, 0) is 42.8 Å². The van der Waals surface area contributed by atoms with Crippen LogP contribution in [0.15, 0.2) is 42.2 Å². The van der Waals surface area contributed by atoms with E-state index in [-0.39, 0.29) is 11.5 Å². The molecule has 0 N–H and O–H groups in total. The lowest BCUT2D eigenvalue weighted by molar-refractivity contribution is 0.101. The van der Waals surface area contributed by atoms with Gasteiger partial charge in [0, 0.05) is 6.07 Å². The van der Waals surface area contributed by atoms with Crippen LogP contribution >= 0.6 is 23.2 Å². The third kappa shape index (κ3) is 2.82. The Bertz CT molecular complexity index is 781. The molecule has 5 heteroatoms. The van der Waals surface area contributed by atoms with Gasteiger partial charge in [-0.3, -0.25) is 4.79 Å². The molecule has 0 amide bonds. The number of Topliss-reactive ketones (excluding diaryl/α,β-unsaturated/α-hetero) is 1. The minimum absolute atomic E-state index is 0.163. The van der Waals surface area contributed by atoms with Crippen LogP contribution in [0, 0.1) is 0 Å². The first-order valence-electron chi connectivity index (χ1n) is 6.74. The van der Waals surface area contributed by atoms with Gasteiger partial charge in [0.05, 0.1) is 22.2 Å². The number of allylic oxidation sites excluding steroid dienone is 1. The molecule has 2 aromatic carbocycles. The number of carbonyl (C=O) groups is 1. The Kier molecular flexibility index (Phi) is 4.10. The molecule has 3 rings (SSSR count). The predicted molar refractivity (Wildman–Crippen MR) is 87.0 cm³/mol. The molecule has 0 bridgehead atoms. The summed E-state index contributed by atoms with van der Waals surface area (Å²) in [6.45, 7) is 2.45. The zero-order valence-corrected chi connectivity index (χ0v) is 13.2. The summed E-state index contributed by atoms with van der Waals surface area (Å²) in [7, 11) is 0. The summed E-state index contributed by atoms with van der Waals surface area (Å²) in [6, 6.07) is 10.3. The molecule has 112 valence electrons. The van der Waals surface area contributed by atoms with Gasteiger partial charge in [0.1, 0.15) is 11.5 Å². The second kappa shape index (κ2) is 6.03. The number of benzene rings is 2. The summed E-state index contributed by atoms with van der Waals surface area (Å²) < 4.78 is 11.0. The van der Waals surface area contributed by atoms with Crippen molar-refractivity contribution < 1.29 is 14.3 Å². The largest absolute Gasteiger partial charge is 0.494 e. The molecule has 0 saturated heterocycles. The number of hydrogen-bond donors (Lipinski definition) is 0. The van der Waals surface area contributed by atoms with E-state index in [1.807, 2.05) is 6.92 Å². The Hall–Kier alpha value is -1.97. The molecule has 22 heavy (non-hydrogen) atoms. The number of ether oxygens (including phenoxy) is 2. The maximum Gasteiger partial charge on any atom is 0.231 e. The van der Waals surface area contributed by atoms with Crippen LogP contribution < -0.4 is 9.47 Å². The van der Waals surface area contributed by atoms with Crippen molar-refractivity contribution in [2.75, 3.05) is 6.61 Å². The van der Waals surface area contributed by atoms with E-state index >= 15 is 0 Å². The van der Waals surface area contributed by atoms with Crippen LogP contribution in [0.5, 0.6) is 11.5 Å². The van der Waals surface area contributed by atoms with Crippen molar-refractivity contribution in [3.05, 3.63) is 63.3 Å². The van der Waals surface area contributed by atoms with Crippen LogP contribution in [0.25, 0.3) is 6.08 Å². The fraction of sp³-hybridized carbons (Fsp3) is 0.118. The van der Waals surface area contributed by atoms with Crippen molar-refractivity contribution in [1.29, 1.82) is 0 Å². The van der Waals surface area contributed by atoms with Crippen molar-refractivity contribution in [3.63, 3.8) is 0 Å². The molecule has 0 atom stereocenters. The third-order valence-corrected chi connectivity index (χ3v) is 3.93. The van der Waals surface area contributed by atoms with Gasteiger partial charge in [0.25, 0.3) is 0 Å². The highest BCUT2D eigenvalue weighted by molar-refractivity contribution is 6.42. The normalized spacial score (nSPS) is 14.9. The average molecular weight is 335 g/mol. The van der Waals surface area contributed by atoms with Gasteiger partial charge in [0.15, 0.2) is 5.76 Å². The summed E-state index contributed by atoms with van der Waals surface area (Å²) in [4.78, 5) is 12.3. The maximum absolute atomic E-state index is 12.3. The van der Waals surface area contributed by atoms with Crippen molar-refractivity contribution in [1.82, 2.24) is 0 Å².